The van der Waals surface area contributed by atoms with Crippen molar-refractivity contribution in [2.45, 2.75) is 25.4 Å². The molecule has 0 bridgehead atoms. The molecule has 0 spiro atoms. The van der Waals surface area contributed by atoms with Gasteiger partial charge in [0.15, 0.2) is 0 Å². The maximum atomic E-state index is 12.5. The fourth-order valence-electron chi connectivity index (χ4n) is 2.70. The van der Waals surface area contributed by atoms with Gasteiger partial charge in [-0.25, -0.2) is 0 Å². The number of fused-ring (bicyclic) bond motifs is 1. The zero-order valence-corrected chi connectivity index (χ0v) is 14.5. The van der Waals surface area contributed by atoms with E-state index in [2.05, 4.69) is 15.6 Å². The van der Waals surface area contributed by atoms with E-state index in [0.717, 1.165) is 10.2 Å². The Kier molecular flexibility index (Phi) is 5.25. The average molecular weight is 365 g/mol. The molecule has 8 nitrogen and oxygen atoms in total. The van der Waals surface area contributed by atoms with Crippen molar-refractivity contribution in [2.24, 2.45) is 0 Å². The molecule has 3 rings (SSSR count). The average Bonchev–Trinajstić information content (AvgIpc) is 2.68. The minimum atomic E-state index is -1.41. The fourth-order valence-corrected chi connectivity index (χ4v) is 2.70. The van der Waals surface area contributed by atoms with Gasteiger partial charge in [-0.3, -0.25) is 9.59 Å². The molecule has 0 aliphatic rings. The smallest absolute Gasteiger partial charge is 0.278 e. The Morgan fingerprint density at radius 3 is 2.48 bits per heavy atom. The topological polar surface area (TPSA) is 117 Å². The molecule has 1 heterocycles. The van der Waals surface area contributed by atoms with Gasteiger partial charge in [-0.15, -0.1) is 5.10 Å². The fraction of sp³-hybridized carbons (Fsp3) is 0.211. The summed E-state index contributed by atoms with van der Waals surface area (Å²) < 4.78 is 0.937. The lowest BCUT2D eigenvalue weighted by molar-refractivity contribution is -0.308. The molecule has 0 fully saturated rings. The SMILES string of the molecule is C[C@@H](C(=O)N[C@@H](Cc1ccccc1)C(=O)[O-])n1nnc2ccccc2c1=O. The second-order valence-corrected chi connectivity index (χ2v) is 6.10. The molecule has 0 saturated heterocycles. The van der Waals surface area contributed by atoms with E-state index in [1.165, 1.54) is 6.92 Å². The summed E-state index contributed by atoms with van der Waals surface area (Å²) in [5.74, 6) is -2.07. The summed E-state index contributed by atoms with van der Waals surface area (Å²) in [7, 11) is 0. The molecule has 8 heteroatoms. The Bertz CT molecular complexity index is 1030. The van der Waals surface area contributed by atoms with Crippen LogP contribution in [0.3, 0.4) is 0 Å². The van der Waals surface area contributed by atoms with Crippen LogP contribution in [0.1, 0.15) is 18.5 Å². The van der Waals surface area contributed by atoms with Crippen LogP contribution in [-0.4, -0.2) is 32.9 Å². The number of carboxylic acid groups (broad SMARTS) is 1. The van der Waals surface area contributed by atoms with Crippen molar-refractivity contribution in [3.8, 4) is 0 Å². The van der Waals surface area contributed by atoms with Crippen LogP contribution >= 0.6 is 0 Å². The van der Waals surface area contributed by atoms with Crippen LogP contribution in [0.15, 0.2) is 59.4 Å². The van der Waals surface area contributed by atoms with Crippen molar-refractivity contribution < 1.29 is 14.7 Å². The number of carboxylic acids is 1. The molecule has 0 aliphatic carbocycles. The molecule has 3 aromatic rings. The highest BCUT2D eigenvalue weighted by molar-refractivity contribution is 5.85. The number of benzene rings is 2. The van der Waals surface area contributed by atoms with Crippen molar-refractivity contribution in [2.75, 3.05) is 0 Å². The standard InChI is InChI=1S/C19H18N4O4/c1-12(23-18(25)14-9-5-6-10-15(14)21-22-23)17(24)20-16(19(26)27)11-13-7-3-2-4-8-13/h2-10,12,16H,11H2,1H3,(H,20,24)(H,26,27)/p-1/t12-,16-/m0/s1. The van der Waals surface area contributed by atoms with Crippen molar-refractivity contribution in [3.63, 3.8) is 0 Å². The number of aromatic nitrogens is 3. The van der Waals surface area contributed by atoms with E-state index in [4.69, 9.17) is 0 Å². The van der Waals surface area contributed by atoms with Crippen molar-refractivity contribution in [1.82, 2.24) is 20.3 Å². The second kappa shape index (κ2) is 7.77. The van der Waals surface area contributed by atoms with E-state index in [1.807, 2.05) is 6.07 Å². The third-order valence-corrected chi connectivity index (χ3v) is 4.22. The van der Waals surface area contributed by atoms with Crippen LogP contribution in [-0.2, 0) is 16.0 Å². The molecule has 27 heavy (non-hydrogen) atoms. The van der Waals surface area contributed by atoms with E-state index in [0.29, 0.717) is 10.9 Å². The van der Waals surface area contributed by atoms with E-state index in [-0.39, 0.29) is 6.42 Å². The normalized spacial score (nSPS) is 13.1. The van der Waals surface area contributed by atoms with Gasteiger partial charge in [-0.05, 0) is 31.0 Å². The molecule has 0 radical (unpaired) electrons. The highest BCUT2D eigenvalue weighted by Gasteiger charge is 2.22. The van der Waals surface area contributed by atoms with E-state index in [1.54, 1.807) is 48.5 Å². The Morgan fingerprint density at radius 2 is 1.78 bits per heavy atom. The quantitative estimate of drug-likeness (QED) is 0.648. The maximum absolute atomic E-state index is 12.5. The molecule has 2 aromatic carbocycles. The zero-order chi connectivity index (χ0) is 19.4. The highest BCUT2D eigenvalue weighted by atomic mass is 16.4. The molecule has 2 atom stereocenters. The third-order valence-electron chi connectivity index (χ3n) is 4.22. The summed E-state index contributed by atoms with van der Waals surface area (Å²) in [5.41, 5.74) is 0.682. The summed E-state index contributed by atoms with van der Waals surface area (Å²) in [4.78, 5) is 36.5. The molecule has 1 aromatic heterocycles. The van der Waals surface area contributed by atoms with Gasteiger partial charge in [0.1, 0.15) is 11.6 Å². The molecule has 138 valence electrons. The molecular weight excluding hydrogens is 348 g/mol. The predicted molar refractivity (Wildman–Crippen MR) is 95.6 cm³/mol. The van der Waals surface area contributed by atoms with Crippen LogP contribution in [0.5, 0.6) is 0 Å². The van der Waals surface area contributed by atoms with Crippen LogP contribution in [0.4, 0.5) is 0 Å². The lowest BCUT2D eigenvalue weighted by atomic mass is 10.1. The van der Waals surface area contributed by atoms with Crippen LogP contribution in [0.2, 0.25) is 0 Å². The first-order valence-electron chi connectivity index (χ1n) is 8.37. The molecule has 1 N–H and O–H groups in total. The van der Waals surface area contributed by atoms with Gasteiger partial charge in [0.2, 0.25) is 5.91 Å². The minimum Gasteiger partial charge on any atom is -0.548 e. The number of nitrogens with zero attached hydrogens (tertiary/aromatic N) is 3. The first kappa shape index (κ1) is 18.2. The van der Waals surface area contributed by atoms with Gasteiger partial charge < -0.3 is 15.2 Å². The van der Waals surface area contributed by atoms with Gasteiger partial charge >= 0.3 is 0 Å². The summed E-state index contributed by atoms with van der Waals surface area (Å²) >= 11 is 0. The van der Waals surface area contributed by atoms with Crippen molar-refractivity contribution in [3.05, 3.63) is 70.5 Å². The highest BCUT2D eigenvalue weighted by Crippen LogP contribution is 2.08. The van der Waals surface area contributed by atoms with Crippen molar-refractivity contribution in [1.29, 1.82) is 0 Å². The molecule has 0 unspecified atom stereocenters. The maximum Gasteiger partial charge on any atom is 0.278 e. The van der Waals surface area contributed by atoms with E-state index < -0.39 is 29.5 Å². The number of amides is 1. The molecule has 0 aliphatic heterocycles. The Balaban J connectivity index is 1.81. The monoisotopic (exact) mass is 365 g/mol. The first-order chi connectivity index (χ1) is 13.0. The van der Waals surface area contributed by atoms with E-state index in [9.17, 15) is 19.5 Å². The minimum absolute atomic E-state index is 0.0694. The lowest BCUT2D eigenvalue weighted by Crippen LogP contribution is -2.51. The summed E-state index contributed by atoms with van der Waals surface area (Å²) in [6, 6.07) is 13.2. The zero-order valence-electron chi connectivity index (χ0n) is 14.5. The second-order valence-electron chi connectivity index (χ2n) is 6.10. The predicted octanol–water partition coefficient (Wildman–Crippen LogP) is -0.170. The Morgan fingerprint density at radius 1 is 1.11 bits per heavy atom. The van der Waals surface area contributed by atoms with E-state index >= 15 is 0 Å². The first-order valence-corrected chi connectivity index (χ1v) is 8.37. The largest absolute Gasteiger partial charge is 0.548 e. The Labute approximate surface area is 154 Å². The lowest BCUT2D eigenvalue weighted by Gasteiger charge is -2.22. The number of rotatable bonds is 6. The number of hydrogen-bond acceptors (Lipinski definition) is 6. The van der Waals surface area contributed by atoms with Crippen LogP contribution in [0, 0.1) is 0 Å². The number of hydrogen-bond donors (Lipinski definition) is 1. The van der Waals surface area contributed by atoms with Crippen molar-refractivity contribution >= 4 is 22.8 Å². The van der Waals surface area contributed by atoms with Gasteiger partial charge in [-0.2, -0.15) is 4.68 Å². The third kappa shape index (κ3) is 4.00. The van der Waals surface area contributed by atoms with Crippen LogP contribution in [0.25, 0.3) is 10.9 Å². The van der Waals surface area contributed by atoms with Crippen LogP contribution < -0.4 is 16.0 Å². The number of nitrogens with one attached hydrogen (secondary N) is 1. The number of aliphatic carboxylic acids is 1. The van der Waals surface area contributed by atoms with Gasteiger partial charge in [0.05, 0.1) is 17.4 Å². The Hall–Kier alpha value is -3.55. The summed E-state index contributed by atoms with van der Waals surface area (Å²) in [6.07, 6.45) is 0.0694. The molecule has 1 amide bonds. The summed E-state index contributed by atoms with van der Waals surface area (Å²) in [6.45, 7) is 1.45. The van der Waals surface area contributed by atoms with Gasteiger partial charge in [0, 0.05) is 0 Å². The summed E-state index contributed by atoms with van der Waals surface area (Å²) in [5, 5.41) is 21.9. The molecular formula is C19H17N4O4-. The van der Waals surface area contributed by atoms with Gasteiger partial charge in [0.25, 0.3) is 5.56 Å². The van der Waals surface area contributed by atoms with Gasteiger partial charge in [-0.1, -0.05) is 47.7 Å². The molecule has 0 saturated carbocycles. The number of carbonyl (C=O) groups is 2. The number of carbonyl (C=O) groups excluding carboxylic acids is 2.